The number of nitrogens with one attached hydrogen (secondary N) is 1. The van der Waals surface area contributed by atoms with Crippen LogP contribution in [0.4, 0.5) is 10.2 Å². The van der Waals surface area contributed by atoms with E-state index in [-0.39, 0.29) is 35.5 Å². The van der Waals surface area contributed by atoms with E-state index in [2.05, 4.69) is 20.5 Å². The Kier molecular flexibility index (Phi) is 4.79. The normalized spacial score (nSPS) is 18.7. The van der Waals surface area contributed by atoms with E-state index in [0.29, 0.717) is 35.1 Å². The van der Waals surface area contributed by atoms with E-state index in [1.807, 2.05) is 13.8 Å². The lowest BCUT2D eigenvalue weighted by atomic mass is 9.80. The van der Waals surface area contributed by atoms with Gasteiger partial charge in [-0.3, -0.25) is 10.2 Å². The summed E-state index contributed by atoms with van der Waals surface area (Å²) in [6.07, 6.45) is 2.39. The van der Waals surface area contributed by atoms with E-state index >= 15 is 0 Å². The SMILES string of the molecule is CC(C)Oc1ccc(-c2nn(C3CC(C(=O)NN)C3)c3ncnc(N)c23)cc1F. The Labute approximate surface area is 166 Å². The van der Waals surface area contributed by atoms with Gasteiger partial charge in [0.15, 0.2) is 17.2 Å². The summed E-state index contributed by atoms with van der Waals surface area (Å²) < 4.78 is 21.7. The predicted octanol–water partition coefficient (Wildman–Crippen LogP) is 1.94. The summed E-state index contributed by atoms with van der Waals surface area (Å²) in [5.74, 6) is 4.78. The van der Waals surface area contributed by atoms with Gasteiger partial charge < -0.3 is 10.5 Å². The molecule has 152 valence electrons. The first-order valence-corrected chi connectivity index (χ1v) is 9.34. The van der Waals surface area contributed by atoms with Crippen LogP contribution in [0, 0.1) is 11.7 Å². The van der Waals surface area contributed by atoms with Crippen LogP contribution >= 0.6 is 0 Å². The number of benzene rings is 1. The molecule has 10 heteroatoms. The number of nitrogen functional groups attached to an aromatic ring is 1. The number of anilines is 1. The van der Waals surface area contributed by atoms with Gasteiger partial charge in [0.2, 0.25) is 5.91 Å². The highest BCUT2D eigenvalue weighted by Gasteiger charge is 2.37. The molecule has 0 unspecified atom stereocenters. The number of hydrazine groups is 1. The van der Waals surface area contributed by atoms with Gasteiger partial charge in [0.05, 0.1) is 17.5 Å². The average Bonchev–Trinajstić information content (AvgIpc) is 3.02. The van der Waals surface area contributed by atoms with Gasteiger partial charge in [0.1, 0.15) is 17.8 Å². The number of halogens is 1. The molecule has 9 nitrogen and oxygen atoms in total. The number of hydrogen-bond donors (Lipinski definition) is 3. The maximum absolute atomic E-state index is 14.5. The Hall–Kier alpha value is -3.27. The molecule has 3 aromatic rings. The number of carbonyl (C=O) groups excluding carboxylic acids is 1. The number of rotatable bonds is 5. The molecule has 0 spiro atoms. The smallest absolute Gasteiger partial charge is 0.237 e. The van der Waals surface area contributed by atoms with Crippen LogP contribution in [0.25, 0.3) is 22.3 Å². The molecule has 1 amide bonds. The molecule has 0 saturated heterocycles. The van der Waals surface area contributed by atoms with Crippen LogP contribution in [0.1, 0.15) is 32.7 Å². The van der Waals surface area contributed by atoms with Crippen molar-refractivity contribution in [2.75, 3.05) is 5.73 Å². The highest BCUT2D eigenvalue weighted by molar-refractivity contribution is 5.98. The van der Waals surface area contributed by atoms with Gasteiger partial charge in [0.25, 0.3) is 0 Å². The third-order valence-corrected chi connectivity index (χ3v) is 5.06. The Morgan fingerprint density at radius 1 is 1.34 bits per heavy atom. The lowest BCUT2D eigenvalue weighted by molar-refractivity contribution is -0.128. The fraction of sp³-hybridized carbons (Fsp3) is 0.368. The number of fused-ring (bicyclic) bond motifs is 1. The second-order valence-electron chi connectivity index (χ2n) is 7.39. The van der Waals surface area contributed by atoms with Crippen LogP contribution < -0.4 is 21.7 Å². The molecule has 2 aromatic heterocycles. The van der Waals surface area contributed by atoms with Crippen LogP contribution in [0.5, 0.6) is 5.75 Å². The molecule has 0 aliphatic heterocycles. The lowest BCUT2D eigenvalue weighted by Crippen LogP contribution is -2.42. The predicted molar refractivity (Wildman–Crippen MR) is 105 cm³/mol. The Balaban J connectivity index is 1.74. The topological polar surface area (TPSA) is 134 Å². The summed E-state index contributed by atoms with van der Waals surface area (Å²) in [4.78, 5) is 20.1. The van der Waals surface area contributed by atoms with Crippen molar-refractivity contribution >= 4 is 22.8 Å². The molecule has 1 aliphatic rings. The van der Waals surface area contributed by atoms with Crippen LogP contribution in [-0.4, -0.2) is 31.8 Å². The molecule has 0 atom stereocenters. The summed E-state index contributed by atoms with van der Waals surface area (Å²) >= 11 is 0. The molecule has 29 heavy (non-hydrogen) atoms. The zero-order valence-electron chi connectivity index (χ0n) is 16.1. The van der Waals surface area contributed by atoms with Gasteiger partial charge in [-0.25, -0.2) is 24.9 Å². The van der Waals surface area contributed by atoms with Gasteiger partial charge in [-0.05, 0) is 44.9 Å². The summed E-state index contributed by atoms with van der Waals surface area (Å²) in [5, 5.41) is 5.21. The van der Waals surface area contributed by atoms with E-state index in [4.69, 9.17) is 16.3 Å². The van der Waals surface area contributed by atoms with Crippen LogP contribution in [0.15, 0.2) is 24.5 Å². The second-order valence-corrected chi connectivity index (χ2v) is 7.39. The van der Waals surface area contributed by atoms with Crippen LogP contribution in [0.3, 0.4) is 0 Å². The third kappa shape index (κ3) is 3.35. The number of carbonyl (C=O) groups is 1. The van der Waals surface area contributed by atoms with Crippen molar-refractivity contribution in [3.8, 4) is 17.0 Å². The molecule has 1 saturated carbocycles. The van der Waals surface area contributed by atoms with Gasteiger partial charge in [0, 0.05) is 11.5 Å². The van der Waals surface area contributed by atoms with E-state index in [1.165, 1.54) is 12.4 Å². The van der Waals surface area contributed by atoms with Crippen LogP contribution in [0.2, 0.25) is 0 Å². The molecule has 1 fully saturated rings. The maximum atomic E-state index is 14.5. The van der Waals surface area contributed by atoms with Gasteiger partial charge >= 0.3 is 0 Å². The monoisotopic (exact) mass is 399 g/mol. The Morgan fingerprint density at radius 2 is 2.10 bits per heavy atom. The third-order valence-electron chi connectivity index (χ3n) is 5.06. The fourth-order valence-electron chi connectivity index (χ4n) is 3.57. The number of aromatic nitrogens is 4. The van der Waals surface area contributed by atoms with Crippen molar-refractivity contribution in [1.82, 2.24) is 25.2 Å². The summed E-state index contributed by atoms with van der Waals surface area (Å²) in [5.41, 5.74) is 9.84. The molecule has 0 radical (unpaired) electrons. The number of nitrogens with two attached hydrogens (primary N) is 2. The van der Waals surface area contributed by atoms with Crippen molar-refractivity contribution < 1.29 is 13.9 Å². The number of ether oxygens (including phenoxy) is 1. The molecule has 5 N–H and O–H groups in total. The van der Waals surface area contributed by atoms with E-state index in [9.17, 15) is 9.18 Å². The van der Waals surface area contributed by atoms with Crippen molar-refractivity contribution in [3.05, 3.63) is 30.3 Å². The van der Waals surface area contributed by atoms with Crippen molar-refractivity contribution in [2.45, 2.75) is 38.8 Å². The maximum Gasteiger partial charge on any atom is 0.237 e. The summed E-state index contributed by atoms with van der Waals surface area (Å²) in [6, 6.07) is 4.63. The standard InChI is InChI=1S/C19H22FN7O2/c1-9(2)29-14-4-3-10(7-13(14)20)16-15-17(21)23-8-24-18(15)27(26-16)12-5-11(6-12)19(28)25-22/h3-4,7-9,11-12H,5-6,22H2,1-2H3,(H,25,28)(H2,21,23,24). The lowest BCUT2D eigenvalue weighted by Gasteiger charge is -2.33. The van der Waals surface area contributed by atoms with Gasteiger partial charge in [-0.15, -0.1) is 0 Å². The molecule has 1 aliphatic carbocycles. The molecular formula is C19H22FN7O2. The number of amides is 1. The first-order chi connectivity index (χ1) is 13.9. The van der Waals surface area contributed by atoms with E-state index in [1.54, 1.807) is 16.8 Å². The Morgan fingerprint density at radius 3 is 2.76 bits per heavy atom. The fourth-order valence-corrected chi connectivity index (χ4v) is 3.57. The Bertz CT molecular complexity index is 1080. The van der Waals surface area contributed by atoms with Crippen molar-refractivity contribution in [1.29, 1.82) is 0 Å². The quantitative estimate of drug-likeness (QED) is 0.339. The number of hydrogen-bond acceptors (Lipinski definition) is 7. The van der Waals surface area contributed by atoms with Crippen molar-refractivity contribution in [2.24, 2.45) is 11.8 Å². The largest absolute Gasteiger partial charge is 0.488 e. The summed E-state index contributed by atoms with van der Waals surface area (Å²) in [7, 11) is 0. The molecule has 0 bridgehead atoms. The van der Waals surface area contributed by atoms with Gasteiger partial charge in [-0.2, -0.15) is 5.10 Å². The molecular weight excluding hydrogens is 377 g/mol. The highest BCUT2D eigenvalue weighted by atomic mass is 19.1. The van der Waals surface area contributed by atoms with E-state index < -0.39 is 5.82 Å². The minimum absolute atomic E-state index is 0.0313. The minimum Gasteiger partial charge on any atom is -0.488 e. The zero-order chi connectivity index (χ0) is 20.7. The summed E-state index contributed by atoms with van der Waals surface area (Å²) in [6.45, 7) is 3.66. The number of nitrogens with zero attached hydrogens (tertiary/aromatic N) is 4. The van der Waals surface area contributed by atoms with Gasteiger partial charge in [-0.1, -0.05) is 0 Å². The second kappa shape index (κ2) is 7.28. The highest BCUT2D eigenvalue weighted by Crippen LogP contribution is 2.41. The van der Waals surface area contributed by atoms with Crippen molar-refractivity contribution in [3.63, 3.8) is 0 Å². The zero-order valence-corrected chi connectivity index (χ0v) is 16.1. The van der Waals surface area contributed by atoms with Crippen LogP contribution in [-0.2, 0) is 4.79 Å². The first kappa shape index (κ1) is 19.1. The average molecular weight is 399 g/mol. The molecule has 4 rings (SSSR count). The minimum atomic E-state index is -0.488. The molecule has 2 heterocycles. The van der Waals surface area contributed by atoms with E-state index in [0.717, 1.165) is 0 Å². The molecule has 1 aromatic carbocycles. The first-order valence-electron chi connectivity index (χ1n) is 9.34.